The topological polar surface area (TPSA) is 57.8 Å². The number of hydrogen-bond acceptors (Lipinski definition) is 2. The number of amides is 1. The first-order valence-corrected chi connectivity index (χ1v) is 9.40. The van der Waals surface area contributed by atoms with Crippen LogP contribution in [0.1, 0.15) is 17.0 Å². The van der Waals surface area contributed by atoms with Crippen molar-refractivity contribution in [2.24, 2.45) is 0 Å². The zero-order valence-corrected chi connectivity index (χ0v) is 17.1. The van der Waals surface area contributed by atoms with Gasteiger partial charge < -0.3 is 9.88 Å². The van der Waals surface area contributed by atoms with E-state index >= 15 is 0 Å². The number of rotatable bonds is 4. The molecule has 0 aliphatic heterocycles. The van der Waals surface area contributed by atoms with Crippen molar-refractivity contribution in [3.63, 3.8) is 0 Å². The molecule has 1 N–H and O–H groups in total. The van der Waals surface area contributed by atoms with Gasteiger partial charge in [-0.3, -0.25) is 4.79 Å². The highest BCUT2D eigenvalue weighted by atomic mass is 35.5. The molecule has 0 unspecified atom stereocenters. The van der Waals surface area contributed by atoms with E-state index in [4.69, 9.17) is 23.2 Å². The number of carbonyl (C=O) groups is 1. The Morgan fingerprint density at radius 1 is 1.17 bits per heavy atom. The molecule has 0 bridgehead atoms. The van der Waals surface area contributed by atoms with Gasteiger partial charge in [0.25, 0.3) is 5.91 Å². The predicted molar refractivity (Wildman–Crippen MR) is 114 cm³/mol. The number of para-hydroxylation sites is 1. The standard InChI is InChI=1S/C22H16Cl2FN3O/c1-13-10-15(14(2)28(13)20-9-5-6-17(23)21(20)24)11-16(12-26)22(29)27-19-8-4-3-7-18(19)25/h3-11H,1-2H3,(H,27,29). The van der Waals surface area contributed by atoms with Gasteiger partial charge in [-0.15, -0.1) is 0 Å². The highest BCUT2D eigenvalue weighted by molar-refractivity contribution is 6.43. The highest BCUT2D eigenvalue weighted by Gasteiger charge is 2.16. The average molecular weight is 428 g/mol. The number of benzene rings is 2. The molecule has 7 heteroatoms. The van der Waals surface area contributed by atoms with Crippen molar-refractivity contribution in [2.75, 3.05) is 5.32 Å². The number of aromatic nitrogens is 1. The maximum atomic E-state index is 13.8. The summed E-state index contributed by atoms with van der Waals surface area (Å²) in [6.07, 6.45) is 1.47. The van der Waals surface area contributed by atoms with Crippen LogP contribution in [0.4, 0.5) is 10.1 Å². The summed E-state index contributed by atoms with van der Waals surface area (Å²) in [7, 11) is 0. The molecule has 1 heterocycles. The summed E-state index contributed by atoms with van der Waals surface area (Å²) >= 11 is 12.5. The molecule has 0 radical (unpaired) electrons. The van der Waals surface area contributed by atoms with E-state index in [0.29, 0.717) is 21.3 Å². The third-order valence-electron chi connectivity index (χ3n) is 4.43. The zero-order valence-electron chi connectivity index (χ0n) is 15.6. The summed E-state index contributed by atoms with van der Waals surface area (Å²) in [5, 5.41) is 12.7. The largest absolute Gasteiger partial charge is 0.319 e. The summed E-state index contributed by atoms with van der Waals surface area (Å²) < 4.78 is 15.7. The van der Waals surface area contributed by atoms with Crippen LogP contribution in [0.25, 0.3) is 11.8 Å². The van der Waals surface area contributed by atoms with Crippen LogP contribution in [0.5, 0.6) is 0 Å². The predicted octanol–water partition coefficient (Wildman–Crippen LogP) is 6.09. The molecule has 0 saturated carbocycles. The smallest absolute Gasteiger partial charge is 0.266 e. The normalized spacial score (nSPS) is 11.2. The summed E-state index contributed by atoms with van der Waals surface area (Å²) in [4.78, 5) is 12.5. The van der Waals surface area contributed by atoms with Crippen LogP contribution >= 0.6 is 23.2 Å². The Labute approximate surface area is 177 Å². The lowest BCUT2D eigenvalue weighted by Gasteiger charge is -2.12. The Morgan fingerprint density at radius 2 is 1.90 bits per heavy atom. The van der Waals surface area contributed by atoms with Crippen molar-refractivity contribution in [3.8, 4) is 11.8 Å². The SMILES string of the molecule is Cc1cc(C=C(C#N)C(=O)Nc2ccccc2F)c(C)n1-c1cccc(Cl)c1Cl. The molecule has 3 rings (SSSR count). The maximum Gasteiger partial charge on any atom is 0.266 e. The van der Waals surface area contributed by atoms with Gasteiger partial charge in [0.15, 0.2) is 0 Å². The average Bonchev–Trinajstić information content (AvgIpc) is 2.97. The Morgan fingerprint density at radius 3 is 2.59 bits per heavy atom. The fraction of sp³-hybridized carbons (Fsp3) is 0.0909. The van der Waals surface area contributed by atoms with Crippen molar-refractivity contribution >= 4 is 40.9 Å². The lowest BCUT2D eigenvalue weighted by Crippen LogP contribution is -2.14. The number of aryl methyl sites for hydroxylation is 1. The minimum Gasteiger partial charge on any atom is -0.319 e. The van der Waals surface area contributed by atoms with Crippen molar-refractivity contribution in [1.82, 2.24) is 4.57 Å². The number of anilines is 1. The Hall–Kier alpha value is -3.07. The molecule has 0 aliphatic rings. The van der Waals surface area contributed by atoms with Gasteiger partial charge in [-0.2, -0.15) is 5.26 Å². The van der Waals surface area contributed by atoms with Crippen LogP contribution in [0.2, 0.25) is 10.0 Å². The fourth-order valence-electron chi connectivity index (χ4n) is 3.03. The second-order valence-corrected chi connectivity index (χ2v) is 7.12. The van der Waals surface area contributed by atoms with E-state index in [0.717, 1.165) is 11.4 Å². The van der Waals surface area contributed by atoms with Gasteiger partial charge in [0.1, 0.15) is 17.5 Å². The van der Waals surface area contributed by atoms with Crippen molar-refractivity contribution < 1.29 is 9.18 Å². The minimum absolute atomic E-state index is 0.00910. The summed E-state index contributed by atoms with van der Waals surface area (Å²) in [5.41, 5.74) is 2.85. The molecule has 0 fully saturated rings. The van der Waals surface area contributed by atoms with Crippen molar-refractivity contribution in [1.29, 1.82) is 5.26 Å². The molecule has 0 saturated heterocycles. The second-order valence-electron chi connectivity index (χ2n) is 6.34. The van der Waals surface area contributed by atoms with Crippen molar-refractivity contribution in [2.45, 2.75) is 13.8 Å². The molecule has 0 atom stereocenters. The van der Waals surface area contributed by atoms with Crippen LogP contribution in [-0.4, -0.2) is 10.5 Å². The highest BCUT2D eigenvalue weighted by Crippen LogP contribution is 2.32. The molecule has 1 amide bonds. The number of carbonyl (C=O) groups excluding carboxylic acids is 1. The molecule has 1 aromatic heterocycles. The number of nitrogens with zero attached hydrogens (tertiary/aromatic N) is 2. The van der Waals surface area contributed by atoms with Gasteiger partial charge in [-0.05, 0) is 55.8 Å². The summed E-state index contributed by atoms with van der Waals surface area (Å²) in [5.74, 6) is -1.27. The van der Waals surface area contributed by atoms with Crippen LogP contribution in [0.15, 0.2) is 54.1 Å². The fourth-order valence-corrected chi connectivity index (χ4v) is 3.41. The Bertz CT molecular complexity index is 1180. The molecular weight excluding hydrogens is 412 g/mol. The molecule has 0 aliphatic carbocycles. The van der Waals surface area contributed by atoms with Crippen LogP contribution in [-0.2, 0) is 4.79 Å². The third kappa shape index (κ3) is 4.19. The van der Waals surface area contributed by atoms with Gasteiger partial charge >= 0.3 is 0 Å². The quantitative estimate of drug-likeness (QED) is 0.404. The number of nitriles is 1. The lowest BCUT2D eigenvalue weighted by molar-refractivity contribution is -0.112. The van der Waals surface area contributed by atoms with Crippen LogP contribution in [0, 0.1) is 31.0 Å². The van der Waals surface area contributed by atoms with E-state index in [2.05, 4.69) is 5.32 Å². The molecule has 29 heavy (non-hydrogen) atoms. The summed E-state index contributed by atoms with van der Waals surface area (Å²) in [6, 6.07) is 14.8. The molecular formula is C22H16Cl2FN3O. The monoisotopic (exact) mass is 427 g/mol. The second kappa shape index (κ2) is 8.52. The van der Waals surface area contributed by atoms with Crippen LogP contribution in [0.3, 0.4) is 0 Å². The van der Waals surface area contributed by atoms with Gasteiger partial charge in [-0.25, -0.2) is 4.39 Å². The van der Waals surface area contributed by atoms with Gasteiger partial charge in [0, 0.05) is 11.4 Å². The Kier molecular flexibility index (Phi) is 6.07. The van der Waals surface area contributed by atoms with Gasteiger partial charge in [0.2, 0.25) is 0 Å². The maximum absolute atomic E-state index is 13.8. The van der Waals surface area contributed by atoms with E-state index in [1.165, 1.54) is 24.3 Å². The molecule has 4 nitrogen and oxygen atoms in total. The van der Waals surface area contributed by atoms with Crippen LogP contribution < -0.4 is 5.32 Å². The molecule has 0 spiro atoms. The van der Waals surface area contributed by atoms with Gasteiger partial charge in [0.05, 0.1) is 21.4 Å². The van der Waals surface area contributed by atoms with E-state index in [1.54, 1.807) is 18.2 Å². The molecule has 146 valence electrons. The zero-order chi connectivity index (χ0) is 21.1. The number of halogens is 3. The minimum atomic E-state index is -0.691. The van der Waals surface area contributed by atoms with Crippen molar-refractivity contribution in [3.05, 3.63) is 86.9 Å². The van der Waals surface area contributed by atoms with E-state index in [1.807, 2.05) is 36.6 Å². The lowest BCUT2D eigenvalue weighted by atomic mass is 10.1. The first-order valence-electron chi connectivity index (χ1n) is 8.64. The number of hydrogen-bond donors (Lipinski definition) is 1. The van der Waals surface area contributed by atoms with E-state index in [-0.39, 0.29) is 11.3 Å². The first-order chi connectivity index (χ1) is 13.8. The Balaban J connectivity index is 1.99. The first kappa shape index (κ1) is 20.7. The number of nitrogens with one attached hydrogen (secondary N) is 1. The summed E-state index contributed by atoms with van der Waals surface area (Å²) in [6.45, 7) is 3.73. The molecule has 2 aromatic carbocycles. The molecule has 3 aromatic rings. The van der Waals surface area contributed by atoms with Gasteiger partial charge in [-0.1, -0.05) is 41.4 Å². The van der Waals surface area contributed by atoms with E-state index < -0.39 is 11.7 Å². The third-order valence-corrected chi connectivity index (χ3v) is 5.24. The van der Waals surface area contributed by atoms with E-state index in [9.17, 15) is 14.4 Å².